The van der Waals surface area contributed by atoms with Crippen molar-refractivity contribution in [1.29, 1.82) is 0 Å². The predicted octanol–water partition coefficient (Wildman–Crippen LogP) is 2.34. The fourth-order valence-corrected chi connectivity index (χ4v) is 6.67. The fourth-order valence-electron chi connectivity index (χ4n) is 6.67. The van der Waals surface area contributed by atoms with Crippen molar-refractivity contribution in [3.05, 3.63) is 41.7 Å². The molecule has 0 unspecified atom stereocenters. The number of benzene rings is 1. The number of carbonyl (C=O) groups is 1. The molecule has 0 spiro atoms. The van der Waals surface area contributed by atoms with Crippen LogP contribution >= 0.6 is 0 Å². The van der Waals surface area contributed by atoms with E-state index >= 15 is 0 Å². The molecule has 1 aliphatic heterocycles. The lowest BCUT2D eigenvalue weighted by Gasteiger charge is -2.64. The van der Waals surface area contributed by atoms with Gasteiger partial charge in [-0.25, -0.2) is 4.68 Å². The van der Waals surface area contributed by atoms with E-state index < -0.39 is 7.12 Å². The van der Waals surface area contributed by atoms with Gasteiger partial charge in [0.15, 0.2) is 5.82 Å². The molecule has 3 N–H and O–H groups in total. The summed E-state index contributed by atoms with van der Waals surface area (Å²) in [7, 11) is -0.455. The Morgan fingerprint density at radius 1 is 1.22 bits per heavy atom. The Kier molecular flexibility index (Phi) is 7.20. The summed E-state index contributed by atoms with van der Waals surface area (Å²) in [6, 6.07) is 10.2. The van der Waals surface area contributed by atoms with Gasteiger partial charge in [-0.05, 0) is 78.8 Å². The predicted molar refractivity (Wildman–Crippen MR) is 137 cm³/mol. The zero-order valence-corrected chi connectivity index (χ0v) is 21.7. The number of hydrogen-bond donors (Lipinski definition) is 2. The minimum atomic E-state index is -0.455. The monoisotopic (exact) mass is 494 g/mol. The summed E-state index contributed by atoms with van der Waals surface area (Å²) in [4.78, 5) is 13.1. The smallest absolute Gasteiger partial charge is 0.404 e. The highest BCUT2D eigenvalue weighted by Crippen LogP contribution is 2.65. The second kappa shape index (κ2) is 10.2. The summed E-state index contributed by atoms with van der Waals surface area (Å²) in [5.74, 6) is 1.48. The number of nitrogens with one attached hydrogen (secondary N) is 1. The van der Waals surface area contributed by atoms with Crippen LogP contribution in [-0.2, 0) is 33.5 Å². The molecule has 3 saturated carbocycles. The van der Waals surface area contributed by atoms with E-state index in [1.54, 1.807) is 4.68 Å². The van der Waals surface area contributed by atoms with E-state index in [0.717, 1.165) is 32.1 Å². The van der Waals surface area contributed by atoms with Crippen LogP contribution in [0.25, 0.3) is 0 Å². The van der Waals surface area contributed by atoms with Crippen LogP contribution in [-0.4, -0.2) is 57.4 Å². The zero-order valence-electron chi connectivity index (χ0n) is 21.7. The van der Waals surface area contributed by atoms with Gasteiger partial charge in [-0.1, -0.05) is 50.6 Å². The summed E-state index contributed by atoms with van der Waals surface area (Å²) in [5.41, 5.74) is 6.92. The maximum Gasteiger partial charge on any atom is 0.481 e. The molecule has 3 aliphatic carbocycles. The molecule has 36 heavy (non-hydrogen) atoms. The largest absolute Gasteiger partial charge is 0.481 e. The van der Waals surface area contributed by atoms with Crippen LogP contribution in [0.2, 0.25) is 0 Å². The highest BCUT2D eigenvalue weighted by molar-refractivity contribution is 6.47. The molecular weight excluding hydrogens is 455 g/mol. The van der Waals surface area contributed by atoms with Crippen molar-refractivity contribution in [3.8, 4) is 0 Å². The number of nitrogens with two attached hydrogens (primary N) is 1. The number of tetrazole rings is 1. The second-order valence-corrected chi connectivity index (χ2v) is 11.5. The van der Waals surface area contributed by atoms with Gasteiger partial charge in [-0.2, -0.15) is 0 Å². The lowest BCUT2D eigenvalue weighted by molar-refractivity contribution is -0.199. The zero-order chi connectivity index (χ0) is 25.3. The Morgan fingerprint density at radius 2 is 2.03 bits per heavy atom. The minimum absolute atomic E-state index is 0.0651. The topological polar surface area (TPSA) is 117 Å². The minimum Gasteiger partial charge on any atom is -0.404 e. The SMILES string of the molecule is CC1(C)[C@@H]2C[C@H]3OB([C@H](CCCCN)NC(=O)Cn4nnnc4CCc4ccccc4)O[C@@]3(C)[C@H]1C2. The van der Waals surface area contributed by atoms with Crippen LogP contribution in [0.15, 0.2) is 30.3 Å². The highest BCUT2D eigenvalue weighted by atomic mass is 16.7. The number of carbonyl (C=O) groups excluding carboxylic acids is 1. The first-order valence-electron chi connectivity index (χ1n) is 13.4. The van der Waals surface area contributed by atoms with Gasteiger partial charge in [0, 0.05) is 6.42 Å². The van der Waals surface area contributed by atoms with Crippen LogP contribution in [0, 0.1) is 17.3 Å². The first-order valence-corrected chi connectivity index (χ1v) is 13.4. The molecule has 2 bridgehead atoms. The third-order valence-corrected chi connectivity index (χ3v) is 8.99. The van der Waals surface area contributed by atoms with Crippen molar-refractivity contribution in [1.82, 2.24) is 25.5 Å². The Morgan fingerprint density at radius 3 is 2.78 bits per heavy atom. The summed E-state index contributed by atoms with van der Waals surface area (Å²) >= 11 is 0. The van der Waals surface area contributed by atoms with Crippen molar-refractivity contribution in [2.45, 2.75) is 89.9 Å². The third-order valence-electron chi connectivity index (χ3n) is 8.99. The standard InChI is InChI=1S/C26H39BN6O3/c1-25(2)19-15-20(25)26(3)21(16-19)35-27(36-26)22(11-7-8-14-28)29-24(34)17-33-23(30-31-32-33)13-12-18-9-5-4-6-10-18/h4-6,9-10,19-22H,7-8,11-17,28H2,1-3H3,(H,29,34)/t19-,20-,21+,22-,26-/m0/s1. The maximum atomic E-state index is 13.1. The van der Waals surface area contributed by atoms with Gasteiger partial charge in [0.1, 0.15) is 6.54 Å². The molecule has 10 heteroatoms. The average Bonchev–Trinajstić information content (AvgIpc) is 3.45. The van der Waals surface area contributed by atoms with E-state index in [1.807, 2.05) is 18.2 Å². The van der Waals surface area contributed by atoms with Crippen LogP contribution in [0.4, 0.5) is 0 Å². The van der Waals surface area contributed by atoms with Gasteiger partial charge in [-0.3, -0.25) is 4.79 Å². The number of nitrogens with zero attached hydrogens (tertiary/aromatic N) is 4. The Balaban J connectivity index is 1.22. The number of aromatic nitrogens is 4. The molecule has 4 fully saturated rings. The fraction of sp³-hybridized carbons (Fsp3) is 0.692. The van der Waals surface area contributed by atoms with Crippen LogP contribution in [0.3, 0.4) is 0 Å². The average molecular weight is 494 g/mol. The molecular formula is C26H39BN6O3. The Labute approximate surface area is 214 Å². The second-order valence-electron chi connectivity index (χ2n) is 11.5. The van der Waals surface area contributed by atoms with Crippen LogP contribution in [0.1, 0.15) is 64.3 Å². The quantitative estimate of drug-likeness (QED) is 0.364. The van der Waals surface area contributed by atoms with Crippen LogP contribution < -0.4 is 11.1 Å². The summed E-state index contributed by atoms with van der Waals surface area (Å²) in [6.45, 7) is 7.60. The van der Waals surface area contributed by atoms with E-state index in [0.29, 0.717) is 30.6 Å². The van der Waals surface area contributed by atoms with Gasteiger partial charge in [0.25, 0.3) is 0 Å². The number of aryl methyl sites for hydroxylation is 2. The summed E-state index contributed by atoms with van der Waals surface area (Å²) < 4.78 is 14.7. The summed E-state index contributed by atoms with van der Waals surface area (Å²) in [5, 5.41) is 15.2. The summed E-state index contributed by atoms with van der Waals surface area (Å²) in [6.07, 6.45) is 6.33. The molecule has 1 aromatic heterocycles. The van der Waals surface area contributed by atoms with E-state index in [-0.39, 0.29) is 35.5 Å². The van der Waals surface area contributed by atoms with E-state index in [9.17, 15) is 4.79 Å². The third kappa shape index (κ3) is 4.83. The van der Waals surface area contributed by atoms with Crippen molar-refractivity contribution in [3.63, 3.8) is 0 Å². The molecule has 1 aromatic carbocycles. The van der Waals surface area contributed by atoms with Crippen molar-refractivity contribution >= 4 is 13.0 Å². The Hall–Kier alpha value is -2.30. The molecule has 9 nitrogen and oxygen atoms in total. The van der Waals surface area contributed by atoms with Gasteiger partial charge >= 0.3 is 7.12 Å². The number of amides is 1. The highest BCUT2D eigenvalue weighted by Gasteiger charge is 2.68. The molecule has 1 amide bonds. The molecule has 2 heterocycles. The number of rotatable bonds is 11. The Bertz CT molecular complexity index is 1050. The van der Waals surface area contributed by atoms with Crippen molar-refractivity contribution in [2.24, 2.45) is 23.0 Å². The molecule has 2 aromatic rings. The first-order chi connectivity index (χ1) is 17.3. The lowest BCUT2D eigenvalue weighted by Crippen LogP contribution is -2.65. The molecule has 6 rings (SSSR count). The van der Waals surface area contributed by atoms with Gasteiger partial charge in [0.05, 0.1) is 17.6 Å². The van der Waals surface area contributed by atoms with Crippen molar-refractivity contribution in [2.75, 3.05) is 6.54 Å². The van der Waals surface area contributed by atoms with E-state index in [1.165, 1.54) is 12.0 Å². The molecule has 5 atom stereocenters. The molecule has 4 aliphatic rings. The first kappa shape index (κ1) is 25.4. The molecule has 194 valence electrons. The van der Waals surface area contributed by atoms with Gasteiger partial charge < -0.3 is 20.4 Å². The number of unbranched alkanes of at least 4 members (excludes halogenated alkanes) is 1. The van der Waals surface area contributed by atoms with Crippen molar-refractivity contribution < 1.29 is 14.1 Å². The van der Waals surface area contributed by atoms with Gasteiger partial charge in [-0.15, -0.1) is 5.10 Å². The van der Waals surface area contributed by atoms with Crippen LogP contribution in [0.5, 0.6) is 0 Å². The molecule has 0 radical (unpaired) electrons. The van der Waals surface area contributed by atoms with E-state index in [4.69, 9.17) is 15.0 Å². The lowest BCUT2D eigenvalue weighted by atomic mass is 9.43. The van der Waals surface area contributed by atoms with Gasteiger partial charge in [0.2, 0.25) is 5.91 Å². The van der Waals surface area contributed by atoms with E-state index in [2.05, 4.69) is 53.7 Å². The maximum absolute atomic E-state index is 13.1. The number of hydrogen-bond acceptors (Lipinski definition) is 7. The molecule has 1 saturated heterocycles. The normalized spacial score (nSPS) is 28.9.